The van der Waals surface area contributed by atoms with Crippen LogP contribution in [-0.2, 0) is 6.18 Å². The second kappa shape index (κ2) is 6.12. The Labute approximate surface area is 121 Å². The quantitative estimate of drug-likeness (QED) is 0.503. The minimum atomic E-state index is -5.30. The SMILES string of the molecule is CCC(C)Nc1c([N+](=O)[O-])cc(C(F)(F)F)c(F)c1[N+](=O)[O-]. The monoisotopic (exact) mass is 325 g/mol. The molecule has 1 rings (SSSR count). The Morgan fingerprint density at radius 3 is 2.18 bits per heavy atom. The first-order chi connectivity index (χ1) is 10.0. The summed E-state index contributed by atoms with van der Waals surface area (Å²) in [7, 11) is 0. The first kappa shape index (κ1) is 17.6. The molecule has 7 nitrogen and oxygen atoms in total. The molecular formula is C11H11F4N3O4. The zero-order chi connectivity index (χ0) is 17.2. The fraction of sp³-hybridized carbons (Fsp3) is 0.455. The van der Waals surface area contributed by atoms with Crippen molar-refractivity contribution >= 4 is 17.1 Å². The molecule has 11 heteroatoms. The third-order valence-corrected chi connectivity index (χ3v) is 2.91. The molecule has 1 N–H and O–H groups in total. The Hall–Kier alpha value is -2.46. The van der Waals surface area contributed by atoms with Crippen LogP contribution in [0, 0.1) is 26.0 Å². The lowest BCUT2D eigenvalue weighted by atomic mass is 10.1. The van der Waals surface area contributed by atoms with Crippen LogP contribution in [0.5, 0.6) is 0 Å². The van der Waals surface area contributed by atoms with Gasteiger partial charge in [-0.15, -0.1) is 0 Å². The fourth-order valence-electron chi connectivity index (χ4n) is 1.64. The van der Waals surface area contributed by atoms with Crippen LogP contribution in [0.25, 0.3) is 0 Å². The van der Waals surface area contributed by atoms with Gasteiger partial charge in [0.1, 0.15) is 5.56 Å². The second-order valence-electron chi connectivity index (χ2n) is 4.45. The normalized spacial score (nSPS) is 12.8. The first-order valence-corrected chi connectivity index (χ1v) is 5.99. The minimum Gasteiger partial charge on any atom is -0.371 e. The molecule has 1 atom stereocenters. The van der Waals surface area contributed by atoms with Crippen molar-refractivity contribution in [3.8, 4) is 0 Å². The zero-order valence-corrected chi connectivity index (χ0v) is 11.4. The van der Waals surface area contributed by atoms with E-state index in [4.69, 9.17) is 0 Å². The lowest BCUT2D eigenvalue weighted by Gasteiger charge is -2.15. The van der Waals surface area contributed by atoms with Crippen molar-refractivity contribution in [1.29, 1.82) is 0 Å². The molecule has 0 radical (unpaired) electrons. The van der Waals surface area contributed by atoms with Crippen LogP contribution in [0.4, 0.5) is 34.6 Å². The van der Waals surface area contributed by atoms with Gasteiger partial charge < -0.3 is 5.32 Å². The maximum atomic E-state index is 13.9. The second-order valence-corrected chi connectivity index (χ2v) is 4.45. The van der Waals surface area contributed by atoms with E-state index in [1.165, 1.54) is 6.92 Å². The number of hydrogen-bond donors (Lipinski definition) is 1. The van der Waals surface area contributed by atoms with Gasteiger partial charge >= 0.3 is 11.9 Å². The Morgan fingerprint density at radius 1 is 1.27 bits per heavy atom. The Morgan fingerprint density at radius 2 is 1.82 bits per heavy atom. The summed E-state index contributed by atoms with van der Waals surface area (Å²) in [6.45, 7) is 3.12. The molecule has 0 amide bonds. The molecule has 0 saturated carbocycles. The Balaban J connectivity index is 3.77. The third-order valence-electron chi connectivity index (χ3n) is 2.91. The van der Waals surface area contributed by atoms with Gasteiger partial charge in [-0.3, -0.25) is 20.2 Å². The predicted molar refractivity (Wildman–Crippen MR) is 68.1 cm³/mol. The third kappa shape index (κ3) is 3.40. The number of nitro groups is 2. The smallest absolute Gasteiger partial charge is 0.371 e. The van der Waals surface area contributed by atoms with E-state index in [1.54, 1.807) is 6.92 Å². The molecule has 1 unspecified atom stereocenters. The summed E-state index contributed by atoms with van der Waals surface area (Å²) in [5.41, 5.74) is -5.74. The molecule has 0 saturated heterocycles. The van der Waals surface area contributed by atoms with Crippen molar-refractivity contribution < 1.29 is 27.4 Å². The van der Waals surface area contributed by atoms with Gasteiger partial charge in [0.05, 0.1) is 9.85 Å². The van der Waals surface area contributed by atoms with Crippen LogP contribution in [0.1, 0.15) is 25.8 Å². The van der Waals surface area contributed by atoms with Gasteiger partial charge in [0.25, 0.3) is 5.69 Å². The van der Waals surface area contributed by atoms with Crippen molar-refractivity contribution in [3.05, 3.63) is 37.7 Å². The lowest BCUT2D eigenvalue weighted by molar-refractivity contribution is -0.394. The molecule has 0 aliphatic heterocycles. The lowest BCUT2D eigenvalue weighted by Crippen LogP contribution is -2.18. The van der Waals surface area contributed by atoms with Gasteiger partial charge in [0, 0.05) is 12.1 Å². The molecule has 0 aromatic heterocycles. The van der Waals surface area contributed by atoms with E-state index in [1.807, 2.05) is 0 Å². The molecule has 0 aliphatic carbocycles. The van der Waals surface area contributed by atoms with Gasteiger partial charge in [-0.25, -0.2) is 0 Å². The van der Waals surface area contributed by atoms with Crippen molar-refractivity contribution in [3.63, 3.8) is 0 Å². The number of anilines is 1. The van der Waals surface area contributed by atoms with Crippen molar-refractivity contribution in [2.75, 3.05) is 5.32 Å². The Kier molecular flexibility index (Phi) is 4.89. The predicted octanol–water partition coefficient (Wildman–Crippen LogP) is 3.87. The fourth-order valence-corrected chi connectivity index (χ4v) is 1.64. The topological polar surface area (TPSA) is 98.3 Å². The van der Waals surface area contributed by atoms with Crippen LogP contribution in [0.15, 0.2) is 6.07 Å². The average Bonchev–Trinajstić information content (AvgIpc) is 2.36. The number of alkyl halides is 3. The molecule has 0 aliphatic rings. The van der Waals surface area contributed by atoms with Gasteiger partial charge in [-0.1, -0.05) is 6.92 Å². The maximum Gasteiger partial charge on any atom is 0.419 e. The summed E-state index contributed by atoms with van der Waals surface area (Å²) in [5, 5.41) is 24.1. The summed E-state index contributed by atoms with van der Waals surface area (Å²) >= 11 is 0. The van der Waals surface area contributed by atoms with E-state index in [0.29, 0.717) is 6.42 Å². The summed E-state index contributed by atoms with van der Waals surface area (Å²) in [5.74, 6) is -2.16. The number of nitrogens with zero attached hydrogens (tertiary/aromatic N) is 2. The molecule has 122 valence electrons. The van der Waals surface area contributed by atoms with Crippen LogP contribution >= 0.6 is 0 Å². The number of hydrogen-bond acceptors (Lipinski definition) is 5. The van der Waals surface area contributed by atoms with Gasteiger partial charge in [-0.2, -0.15) is 17.6 Å². The van der Waals surface area contributed by atoms with Gasteiger partial charge in [0.2, 0.25) is 5.82 Å². The molecule has 0 fully saturated rings. The molecular weight excluding hydrogens is 314 g/mol. The van der Waals surface area contributed by atoms with Crippen molar-refractivity contribution in [2.24, 2.45) is 0 Å². The van der Waals surface area contributed by atoms with E-state index >= 15 is 0 Å². The number of rotatable bonds is 5. The molecule has 0 bridgehead atoms. The summed E-state index contributed by atoms with van der Waals surface area (Å²) in [6, 6.07) is -0.596. The number of halogens is 4. The number of benzene rings is 1. The number of nitrogens with one attached hydrogen (secondary N) is 1. The van der Waals surface area contributed by atoms with Crippen molar-refractivity contribution in [2.45, 2.75) is 32.5 Å². The van der Waals surface area contributed by atoms with E-state index in [-0.39, 0.29) is 6.07 Å². The molecule has 22 heavy (non-hydrogen) atoms. The van der Waals surface area contributed by atoms with E-state index < -0.39 is 50.5 Å². The summed E-state index contributed by atoms with van der Waals surface area (Å²) in [6.07, 6.45) is -4.94. The highest BCUT2D eigenvalue weighted by Crippen LogP contribution is 2.44. The van der Waals surface area contributed by atoms with E-state index in [0.717, 1.165) is 0 Å². The van der Waals surface area contributed by atoms with Crippen LogP contribution < -0.4 is 5.32 Å². The summed E-state index contributed by atoms with van der Waals surface area (Å²) < 4.78 is 51.9. The van der Waals surface area contributed by atoms with Gasteiger partial charge in [0.15, 0.2) is 5.69 Å². The highest BCUT2D eigenvalue weighted by molar-refractivity contribution is 5.76. The maximum absolute atomic E-state index is 13.9. The molecule has 1 aromatic carbocycles. The molecule has 0 heterocycles. The summed E-state index contributed by atoms with van der Waals surface area (Å²) in [4.78, 5) is 19.2. The van der Waals surface area contributed by atoms with Crippen LogP contribution in [-0.4, -0.2) is 15.9 Å². The van der Waals surface area contributed by atoms with Crippen LogP contribution in [0.3, 0.4) is 0 Å². The highest BCUT2D eigenvalue weighted by atomic mass is 19.4. The first-order valence-electron chi connectivity index (χ1n) is 5.99. The van der Waals surface area contributed by atoms with Crippen LogP contribution in [0.2, 0.25) is 0 Å². The molecule has 0 spiro atoms. The van der Waals surface area contributed by atoms with E-state index in [2.05, 4.69) is 5.32 Å². The standard InChI is InChI=1S/C11H11F4N3O4/c1-3-5(2)16-9-7(17(19)20)4-6(11(13,14)15)8(12)10(9)18(21)22/h4-5,16H,3H2,1-2H3. The van der Waals surface area contributed by atoms with E-state index in [9.17, 15) is 37.8 Å². The number of nitro benzene ring substituents is 2. The van der Waals surface area contributed by atoms with Crippen molar-refractivity contribution in [1.82, 2.24) is 0 Å². The Bertz CT molecular complexity index is 618. The zero-order valence-electron chi connectivity index (χ0n) is 11.4. The average molecular weight is 325 g/mol. The largest absolute Gasteiger partial charge is 0.419 e. The highest BCUT2D eigenvalue weighted by Gasteiger charge is 2.43. The molecule has 1 aromatic rings. The van der Waals surface area contributed by atoms with Gasteiger partial charge in [-0.05, 0) is 13.3 Å². The minimum absolute atomic E-state index is 0.0486.